The van der Waals surface area contributed by atoms with Crippen molar-refractivity contribution in [1.82, 2.24) is 20.4 Å². The van der Waals surface area contributed by atoms with Gasteiger partial charge in [-0.05, 0) is 25.8 Å². The third-order valence-corrected chi connectivity index (χ3v) is 3.95. The van der Waals surface area contributed by atoms with Crippen molar-refractivity contribution in [3.8, 4) is 0 Å². The summed E-state index contributed by atoms with van der Waals surface area (Å²) >= 11 is 0. The van der Waals surface area contributed by atoms with Crippen molar-refractivity contribution in [2.75, 3.05) is 13.1 Å². The molecule has 1 N–H and O–H groups in total. The van der Waals surface area contributed by atoms with Crippen LogP contribution in [0.2, 0.25) is 0 Å². The number of nitrogens with one attached hydrogen (secondary N) is 1. The molecule has 3 rings (SSSR count). The Morgan fingerprint density at radius 1 is 1.35 bits per heavy atom. The molecular weight excluding hydrogens is 216 g/mol. The third kappa shape index (κ3) is 2.35. The number of aryl methyl sites for hydroxylation is 1. The second kappa shape index (κ2) is 4.74. The fraction of sp³-hybridized carbons (Fsp3) is 0.833. The summed E-state index contributed by atoms with van der Waals surface area (Å²) in [6, 6.07) is 1.34. The number of nitrogens with zero attached hydrogens (tertiary/aromatic N) is 3. The summed E-state index contributed by atoms with van der Waals surface area (Å²) in [4.78, 5) is 6.85. The van der Waals surface area contributed by atoms with Gasteiger partial charge in [-0.3, -0.25) is 4.90 Å². The SMILES string of the molecule is Cc1nc(CNC2CCN3CCCCC23)no1. The van der Waals surface area contributed by atoms with Crippen molar-refractivity contribution < 1.29 is 4.52 Å². The Morgan fingerprint density at radius 2 is 2.29 bits per heavy atom. The maximum Gasteiger partial charge on any atom is 0.223 e. The average Bonchev–Trinajstić information content (AvgIpc) is 2.93. The molecule has 3 heterocycles. The minimum atomic E-state index is 0.606. The van der Waals surface area contributed by atoms with Crippen LogP contribution < -0.4 is 5.32 Å². The van der Waals surface area contributed by atoms with Crippen LogP contribution in [0.15, 0.2) is 4.52 Å². The van der Waals surface area contributed by atoms with Crippen LogP contribution in [0, 0.1) is 6.92 Å². The molecule has 2 aliphatic rings. The minimum absolute atomic E-state index is 0.606. The number of hydrogen-bond donors (Lipinski definition) is 1. The normalized spacial score (nSPS) is 29.5. The van der Waals surface area contributed by atoms with Gasteiger partial charge in [-0.2, -0.15) is 4.98 Å². The van der Waals surface area contributed by atoms with E-state index in [2.05, 4.69) is 20.4 Å². The molecule has 2 unspecified atom stereocenters. The molecule has 94 valence electrons. The second-order valence-electron chi connectivity index (χ2n) is 5.10. The van der Waals surface area contributed by atoms with E-state index in [0.717, 1.165) is 18.4 Å². The van der Waals surface area contributed by atoms with E-state index < -0.39 is 0 Å². The van der Waals surface area contributed by atoms with Crippen molar-refractivity contribution in [3.63, 3.8) is 0 Å². The molecule has 0 bridgehead atoms. The largest absolute Gasteiger partial charge is 0.340 e. The van der Waals surface area contributed by atoms with E-state index in [9.17, 15) is 0 Å². The standard InChI is InChI=1S/C12H20N4O/c1-9-14-12(15-17-9)8-13-10-5-7-16-6-3-2-4-11(10)16/h10-11,13H,2-8H2,1H3. The fourth-order valence-electron chi connectivity index (χ4n) is 3.12. The summed E-state index contributed by atoms with van der Waals surface area (Å²) in [5.41, 5.74) is 0. The van der Waals surface area contributed by atoms with Gasteiger partial charge >= 0.3 is 0 Å². The molecule has 2 aliphatic heterocycles. The zero-order chi connectivity index (χ0) is 11.7. The lowest BCUT2D eigenvalue weighted by atomic mass is 9.99. The molecule has 1 aromatic rings. The van der Waals surface area contributed by atoms with Crippen LogP contribution in [0.5, 0.6) is 0 Å². The fourth-order valence-corrected chi connectivity index (χ4v) is 3.12. The highest BCUT2D eigenvalue weighted by Gasteiger charge is 2.35. The minimum Gasteiger partial charge on any atom is -0.340 e. The van der Waals surface area contributed by atoms with E-state index in [-0.39, 0.29) is 0 Å². The summed E-state index contributed by atoms with van der Waals surface area (Å²) in [5, 5.41) is 7.50. The highest BCUT2D eigenvalue weighted by molar-refractivity contribution is 4.95. The molecule has 0 spiro atoms. The van der Waals surface area contributed by atoms with Gasteiger partial charge < -0.3 is 9.84 Å². The molecule has 2 atom stereocenters. The first kappa shape index (κ1) is 11.2. The van der Waals surface area contributed by atoms with Gasteiger partial charge in [-0.25, -0.2) is 0 Å². The van der Waals surface area contributed by atoms with E-state index in [4.69, 9.17) is 4.52 Å². The molecule has 0 amide bonds. The maximum absolute atomic E-state index is 4.97. The summed E-state index contributed by atoms with van der Waals surface area (Å²) in [5.74, 6) is 1.42. The summed E-state index contributed by atoms with van der Waals surface area (Å²) in [6.07, 6.45) is 5.33. The predicted molar refractivity (Wildman–Crippen MR) is 63.5 cm³/mol. The zero-order valence-corrected chi connectivity index (χ0v) is 10.4. The van der Waals surface area contributed by atoms with Crippen LogP contribution in [0.1, 0.15) is 37.4 Å². The van der Waals surface area contributed by atoms with Gasteiger partial charge in [0.25, 0.3) is 0 Å². The molecule has 17 heavy (non-hydrogen) atoms. The molecule has 0 saturated carbocycles. The van der Waals surface area contributed by atoms with Crippen LogP contribution in [0.3, 0.4) is 0 Å². The second-order valence-corrected chi connectivity index (χ2v) is 5.10. The van der Waals surface area contributed by atoms with E-state index in [1.165, 1.54) is 38.8 Å². The van der Waals surface area contributed by atoms with Gasteiger partial charge in [-0.1, -0.05) is 11.6 Å². The summed E-state index contributed by atoms with van der Waals surface area (Å²) in [7, 11) is 0. The van der Waals surface area contributed by atoms with Gasteiger partial charge in [-0.15, -0.1) is 0 Å². The number of hydrogen-bond acceptors (Lipinski definition) is 5. The smallest absolute Gasteiger partial charge is 0.223 e. The van der Waals surface area contributed by atoms with Gasteiger partial charge in [0.15, 0.2) is 5.82 Å². The van der Waals surface area contributed by atoms with Gasteiger partial charge in [0.05, 0.1) is 6.54 Å². The van der Waals surface area contributed by atoms with Crippen molar-refractivity contribution in [2.45, 2.75) is 51.2 Å². The van der Waals surface area contributed by atoms with Crippen molar-refractivity contribution in [1.29, 1.82) is 0 Å². The summed E-state index contributed by atoms with van der Waals surface area (Å²) in [6.45, 7) is 5.08. The number of aromatic nitrogens is 2. The van der Waals surface area contributed by atoms with Crippen LogP contribution in [0.25, 0.3) is 0 Å². The Hall–Kier alpha value is -0.940. The quantitative estimate of drug-likeness (QED) is 0.851. The highest BCUT2D eigenvalue weighted by Crippen LogP contribution is 2.27. The molecule has 0 radical (unpaired) electrons. The molecule has 0 aliphatic carbocycles. The Bertz CT molecular complexity index is 378. The van der Waals surface area contributed by atoms with E-state index >= 15 is 0 Å². The van der Waals surface area contributed by atoms with Crippen LogP contribution in [0.4, 0.5) is 0 Å². The zero-order valence-electron chi connectivity index (χ0n) is 10.4. The first-order valence-electron chi connectivity index (χ1n) is 6.59. The first-order valence-corrected chi connectivity index (χ1v) is 6.59. The Labute approximate surface area is 102 Å². The lowest BCUT2D eigenvalue weighted by molar-refractivity contribution is 0.180. The van der Waals surface area contributed by atoms with Crippen LogP contribution >= 0.6 is 0 Å². The van der Waals surface area contributed by atoms with Crippen LogP contribution in [-0.2, 0) is 6.54 Å². The average molecular weight is 236 g/mol. The summed E-state index contributed by atoms with van der Waals surface area (Å²) < 4.78 is 4.97. The number of piperidine rings is 1. The Morgan fingerprint density at radius 3 is 3.12 bits per heavy atom. The monoisotopic (exact) mass is 236 g/mol. The highest BCUT2D eigenvalue weighted by atomic mass is 16.5. The Balaban J connectivity index is 1.55. The predicted octanol–water partition coefficient (Wildman–Crippen LogP) is 1.09. The number of fused-ring (bicyclic) bond motifs is 1. The van der Waals surface area contributed by atoms with E-state index in [0.29, 0.717) is 11.9 Å². The van der Waals surface area contributed by atoms with Crippen molar-refractivity contribution >= 4 is 0 Å². The van der Waals surface area contributed by atoms with Gasteiger partial charge in [0.2, 0.25) is 5.89 Å². The topological polar surface area (TPSA) is 54.2 Å². The molecular formula is C12H20N4O. The van der Waals surface area contributed by atoms with Crippen LogP contribution in [-0.4, -0.2) is 40.2 Å². The molecule has 0 aromatic carbocycles. The molecule has 5 nitrogen and oxygen atoms in total. The maximum atomic E-state index is 4.97. The molecule has 2 fully saturated rings. The van der Waals surface area contributed by atoms with E-state index in [1.807, 2.05) is 6.92 Å². The molecule has 1 aromatic heterocycles. The third-order valence-electron chi connectivity index (χ3n) is 3.95. The number of rotatable bonds is 3. The lowest BCUT2D eigenvalue weighted by Crippen LogP contribution is -2.44. The van der Waals surface area contributed by atoms with Crippen molar-refractivity contribution in [3.05, 3.63) is 11.7 Å². The molecule has 5 heteroatoms. The Kier molecular flexibility index (Phi) is 3.11. The van der Waals surface area contributed by atoms with E-state index in [1.54, 1.807) is 0 Å². The molecule has 2 saturated heterocycles. The lowest BCUT2D eigenvalue weighted by Gasteiger charge is -2.32. The first-order chi connectivity index (χ1) is 8.33. The van der Waals surface area contributed by atoms with Gasteiger partial charge in [0.1, 0.15) is 0 Å². The van der Waals surface area contributed by atoms with Gasteiger partial charge in [0, 0.05) is 25.6 Å². The van der Waals surface area contributed by atoms with Crippen molar-refractivity contribution in [2.24, 2.45) is 0 Å².